The van der Waals surface area contributed by atoms with Crippen LogP contribution in [-0.4, -0.2) is 38.8 Å². The van der Waals surface area contributed by atoms with Crippen molar-refractivity contribution >= 4 is 22.4 Å². The van der Waals surface area contributed by atoms with Gasteiger partial charge in [-0.3, -0.25) is 4.79 Å². The zero-order chi connectivity index (χ0) is 19.0. The molecule has 2 heterocycles. The van der Waals surface area contributed by atoms with Crippen LogP contribution < -0.4 is 21.6 Å². The molecule has 3 aromatic rings. The van der Waals surface area contributed by atoms with Crippen LogP contribution in [-0.2, 0) is 6.54 Å². The van der Waals surface area contributed by atoms with Crippen LogP contribution in [0.15, 0.2) is 23.3 Å². The molecule has 136 valence electrons. The number of hydrogen-bond acceptors (Lipinski definition) is 8. The number of nitrogens with one attached hydrogen (secondary N) is 1. The minimum Gasteiger partial charge on any atom is -0.506 e. The first-order valence-corrected chi connectivity index (χ1v) is 7.73. The van der Waals surface area contributed by atoms with Gasteiger partial charge in [-0.1, -0.05) is 0 Å². The van der Waals surface area contributed by atoms with E-state index in [0.717, 1.165) is 12.1 Å². The van der Waals surface area contributed by atoms with Crippen LogP contribution in [0.3, 0.4) is 0 Å². The van der Waals surface area contributed by atoms with Crippen LogP contribution in [0.4, 0.5) is 15.9 Å². The van der Waals surface area contributed by atoms with Crippen molar-refractivity contribution in [2.75, 3.05) is 30.2 Å². The van der Waals surface area contributed by atoms with Gasteiger partial charge in [0.2, 0.25) is 0 Å². The van der Waals surface area contributed by atoms with Crippen molar-refractivity contribution in [1.29, 1.82) is 0 Å². The van der Waals surface area contributed by atoms with Crippen molar-refractivity contribution in [3.8, 4) is 5.75 Å². The number of nitrogens with two attached hydrogens (primary N) is 1. The van der Waals surface area contributed by atoms with E-state index >= 15 is 0 Å². The minimum atomic E-state index is -0.749. The van der Waals surface area contributed by atoms with Gasteiger partial charge in [-0.15, -0.1) is 0 Å². The Morgan fingerprint density at radius 1 is 1.35 bits per heavy atom. The lowest BCUT2D eigenvalue weighted by atomic mass is 10.2. The number of nitrogen functional groups attached to an aromatic ring is 1. The van der Waals surface area contributed by atoms with Gasteiger partial charge >= 0.3 is 0 Å². The normalized spacial score (nSPS) is 10.9. The molecule has 0 radical (unpaired) electrons. The number of hydrogen-bond donors (Lipinski definition) is 3. The Morgan fingerprint density at radius 3 is 2.77 bits per heavy atom. The first-order valence-electron chi connectivity index (χ1n) is 7.73. The number of fused-ring (bicyclic) bond motifs is 1. The second-order valence-electron chi connectivity index (χ2n) is 5.86. The molecule has 2 aromatic heterocycles. The number of nitrogens with zero attached hydrogens (tertiary/aromatic N) is 5. The molecule has 4 N–H and O–H groups in total. The number of halogens is 1. The van der Waals surface area contributed by atoms with Gasteiger partial charge in [-0.05, 0) is 19.1 Å². The summed E-state index contributed by atoms with van der Waals surface area (Å²) >= 11 is 0. The number of phenolic OH excluding ortho intramolecular Hbond substituents is 1. The quantitative estimate of drug-likeness (QED) is 0.623. The number of rotatable bonds is 4. The van der Waals surface area contributed by atoms with E-state index in [4.69, 9.17) is 5.73 Å². The van der Waals surface area contributed by atoms with Crippen molar-refractivity contribution in [3.63, 3.8) is 0 Å². The molecule has 10 heteroatoms. The third-order valence-corrected chi connectivity index (χ3v) is 3.89. The Bertz CT molecular complexity index is 1050. The highest BCUT2D eigenvalue weighted by Crippen LogP contribution is 2.23. The Labute approximate surface area is 147 Å². The van der Waals surface area contributed by atoms with E-state index in [1.54, 1.807) is 21.0 Å². The zero-order valence-electron chi connectivity index (χ0n) is 14.5. The average Bonchev–Trinajstić information content (AvgIpc) is 2.59. The van der Waals surface area contributed by atoms with Gasteiger partial charge in [0.05, 0.1) is 17.9 Å². The highest BCUT2D eigenvalue weighted by molar-refractivity contribution is 5.84. The topological polar surface area (TPSA) is 122 Å². The van der Waals surface area contributed by atoms with Crippen LogP contribution >= 0.6 is 0 Å². The average molecular weight is 359 g/mol. The summed E-state index contributed by atoms with van der Waals surface area (Å²) in [5.41, 5.74) is 6.19. The summed E-state index contributed by atoms with van der Waals surface area (Å²) in [6.07, 6.45) is 1.36. The molecule has 26 heavy (non-hydrogen) atoms. The van der Waals surface area contributed by atoms with E-state index in [1.807, 2.05) is 0 Å². The molecule has 9 nitrogen and oxygen atoms in total. The van der Waals surface area contributed by atoms with Gasteiger partial charge in [0.1, 0.15) is 28.8 Å². The van der Waals surface area contributed by atoms with E-state index in [2.05, 4.69) is 20.3 Å². The summed E-state index contributed by atoms with van der Waals surface area (Å²) in [6.45, 7) is 1.81. The van der Waals surface area contributed by atoms with Crippen LogP contribution in [0.5, 0.6) is 5.75 Å². The van der Waals surface area contributed by atoms with Gasteiger partial charge in [-0.25, -0.2) is 24.0 Å². The maximum Gasteiger partial charge on any atom is 0.283 e. The fourth-order valence-electron chi connectivity index (χ4n) is 2.59. The molecule has 0 bridgehead atoms. The molecule has 0 aliphatic heterocycles. The molecule has 0 aliphatic rings. The maximum absolute atomic E-state index is 14.1. The Morgan fingerprint density at radius 2 is 2.08 bits per heavy atom. The third kappa shape index (κ3) is 2.85. The summed E-state index contributed by atoms with van der Waals surface area (Å²) < 4.78 is 15.3. The highest BCUT2D eigenvalue weighted by atomic mass is 19.1. The van der Waals surface area contributed by atoms with Crippen molar-refractivity contribution in [2.24, 2.45) is 0 Å². The van der Waals surface area contributed by atoms with E-state index in [0.29, 0.717) is 17.2 Å². The minimum absolute atomic E-state index is 0.0694. The van der Waals surface area contributed by atoms with Crippen molar-refractivity contribution in [1.82, 2.24) is 19.6 Å². The van der Waals surface area contributed by atoms with Crippen LogP contribution in [0.2, 0.25) is 0 Å². The van der Waals surface area contributed by atoms with Crippen LogP contribution in [0.1, 0.15) is 11.5 Å². The van der Waals surface area contributed by atoms with Crippen LogP contribution in [0.25, 0.3) is 10.9 Å². The number of aromatic nitrogens is 4. The smallest absolute Gasteiger partial charge is 0.283 e. The second-order valence-corrected chi connectivity index (χ2v) is 5.86. The predicted octanol–water partition coefficient (Wildman–Crippen LogP) is 0.732. The Balaban J connectivity index is 2.13. The lowest BCUT2D eigenvalue weighted by Crippen LogP contribution is -2.40. The van der Waals surface area contributed by atoms with Crippen molar-refractivity contribution < 1.29 is 9.50 Å². The van der Waals surface area contributed by atoms with Crippen molar-refractivity contribution in [2.45, 2.75) is 13.5 Å². The Hall–Kier alpha value is -3.43. The molecular weight excluding hydrogens is 341 g/mol. The maximum atomic E-state index is 14.1. The molecule has 0 unspecified atom stereocenters. The van der Waals surface area contributed by atoms with E-state index in [-0.39, 0.29) is 29.0 Å². The summed E-state index contributed by atoms with van der Waals surface area (Å²) in [4.78, 5) is 25.1. The first-order chi connectivity index (χ1) is 12.3. The van der Waals surface area contributed by atoms with Gasteiger partial charge in [-0.2, -0.15) is 0 Å². The molecular formula is C16H18FN7O2. The zero-order valence-corrected chi connectivity index (χ0v) is 14.5. The summed E-state index contributed by atoms with van der Waals surface area (Å²) in [5.74, 6) is -0.381. The van der Waals surface area contributed by atoms with E-state index in [9.17, 15) is 14.3 Å². The van der Waals surface area contributed by atoms with Gasteiger partial charge < -0.3 is 21.2 Å². The summed E-state index contributed by atoms with van der Waals surface area (Å²) in [6, 6.07) is 2.19. The molecule has 0 saturated carbocycles. The largest absolute Gasteiger partial charge is 0.506 e. The molecule has 1 aromatic carbocycles. The monoisotopic (exact) mass is 359 g/mol. The Kier molecular flexibility index (Phi) is 4.33. The summed E-state index contributed by atoms with van der Waals surface area (Å²) in [7, 11) is 3.25. The molecule has 0 fully saturated rings. The fraction of sp³-hybridized carbons (Fsp3) is 0.250. The number of aromatic hydroxyl groups is 1. The molecule has 0 atom stereocenters. The highest BCUT2D eigenvalue weighted by Gasteiger charge is 2.18. The van der Waals surface area contributed by atoms with Crippen LogP contribution in [0, 0.1) is 12.7 Å². The number of benzene rings is 1. The third-order valence-electron chi connectivity index (χ3n) is 3.89. The molecule has 0 aliphatic carbocycles. The van der Waals surface area contributed by atoms with Crippen molar-refractivity contribution in [3.05, 3.63) is 46.1 Å². The van der Waals surface area contributed by atoms with Gasteiger partial charge in [0, 0.05) is 14.1 Å². The van der Waals surface area contributed by atoms with Gasteiger partial charge in [0.15, 0.2) is 11.6 Å². The number of anilines is 2. The SMILES string of the molecule is Cc1ncnc(NCc2nc3c(O)ccc(F)c3c(=O)n2N(C)C)c1N. The molecule has 3 rings (SSSR count). The molecule has 0 amide bonds. The standard InChI is InChI=1S/C16H18FN7O2/c1-8-13(18)15(21-7-20-8)19-6-11-22-14-10(25)5-4-9(17)12(14)16(26)24(11)23(2)3/h4-5,7,25H,6,18H2,1-3H3,(H,19,20,21). The van der Waals surface area contributed by atoms with Gasteiger partial charge in [0.25, 0.3) is 5.56 Å². The molecule has 0 spiro atoms. The first kappa shape index (κ1) is 17.4. The van der Waals surface area contributed by atoms with E-state index < -0.39 is 11.4 Å². The number of aryl methyl sites for hydroxylation is 1. The lowest BCUT2D eigenvalue weighted by Gasteiger charge is -2.21. The fourth-order valence-corrected chi connectivity index (χ4v) is 2.59. The van der Waals surface area contributed by atoms with E-state index in [1.165, 1.54) is 16.0 Å². The number of phenols is 1. The lowest BCUT2D eigenvalue weighted by molar-refractivity contribution is 0.477. The predicted molar refractivity (Wildman–Crippen MR) is 96.2 cm³/mol. The second kappa shape index (κ2) is 6.47. The molecule has 0 saturated heterocycles. The summed E-state index contributed by atoms with van der Waals surface area (Å²) in [5, 5.41) is 14.2.